The first-order valence-corrected chi connectivity index (χ1v) is 4.12. The Morgan fingerprint density at radius 2 is 2.45 bits per heavy atom. The fraction of sp³-hybridized carbons (Fsp3) is 0.667. The lowest BCUT2D eigenvalue weighted by Gasteiger charge is -2.05. The lowest BCUT2D eigenvalue weighted by Crippen LogP contribution is -2.12. The van der Waals surface area contributed by atoms with Crippen molar-refractivity contribution >= 4 is 5.78 Å². The van der Waals surface area contributed by atoms with Gasteiger partial charge >= 0.3 is 0 Å². The van der Waals surface area contributed by atoms with E-state index in [2.05, 4.69) is 6.58 Å². The summed E-state index contributed by atoms with van der Waals surface area (Å²) in [5.74, 6) is 0.581. The van der Waals surface area contributed by atoms with Crippen LogP contribution in [-0.4, -0.2) is 18.0 Å². The quantitative estimate of drug-likeness (QED) is 0.529. The Bertz CT molecular complexity index is 198. The van der Waals surface area contributed by atoms with Gasteiger partial charge in [0.25, 0.3) is 0 Å². The maximum absolute atomic E-state index is 11.2. The molecule has 1 saturated heterocycles. The lowest BCUT2D eigenvalue weighted by atomic mass is 10.0. The molecule has 1 heterocycles. The highest BCUT2D eigenvalue weighted by molar-refractivity contribution is 5.84. The Kier molecular flexibility index (Phi) is 1.57. The molecule has 3 atom stereocenters. The van der Waals surface area contributed by atoms with E-state index >= 15 is 0 Å². The molecule has 0 aromatic rings. The van der Waals surface area contributed by atoms with Crippen LogP contribution >= 0.6 is 0 Å². The van der Waals surface area contributed by atoms with Gasteiger partial charge in [0.1, 0.15) is 5.78 Å². The van der Waals surface area contributed by atoms with Crippen molar-refractivity contribution in [1.29, 1.82) is 0 Å². The van der Waals surface area contributed by atoms with Crippen LogP contribution < -0.4 is 0 Å². The summed E-state index contributed by atoms with van der Waals surface area (Å²) < 4.78 is 5.57. The zero-order valence-electron chi connectivity index (χ0n) is 6.45. The van der Waals surface area contributed by atoms with Crippen molar-refractivity contribution in [2.75, 3.05) is 0 Å². The molecule has 60 valence electrons. The van der Waals surface area contributed by atoms with E-state index in [1.54, 1.807) is 6.08 Å². The van der Waals surface area contributed by atoms with Crippen molar-refractivity contribution < 1.29 is 9.53 Å². The molecular weight excluding hydrogens is 140 g/mol. The van der Waals surface area contributed by atoms with E-state index in [0.29, 0.717) is 5.78 Å². The molecule has 0 radical (unpaired) electrons. The SMILES string of the molecule is C=CC1CC2C(=O)CCC2O1. The number of carbonyl (C=O) groups excluding carboxylic acids is 1. The van der Waals surface area contributed by atoms with Gasteiger partial charge in [-0.1, -0.05) is 6.08 Å². The molecule has 2 rings (SSSR count). The van der Waals surface area contributed by atoms with E-state index in [1.165, 1.54) is 0 Å². The summed E-state index contributed by atoms with van der Waals surface area (Å²) in [6, 6.07) is 0. The first-order valence-electron chi connectivity index (χ1n) is 4.12. The highest BCUT2D eigenvalue weighted by atomic mass is 16.5. The Morgan fingerprint density at radius 1 is 1.64 bits per heavy atom. The third kappa shape index (κ3) is 1.02. The smallest absolute Gasteiger partial charge is 0.138 e. The maximum atomic E-state index is 11.2. The molecule has 2 aliphatic rings. The van der Waals surface area contributed by atoms with Crippen molar-refractivity contribution in [3.63, 3.8) is 0 Å². The first-order chi connectivity index (χ1) is 5.31. The van der Waals surface area contributed by atoms with Crippen molar-refractivity contribution in [3.8, 4) is 0 Å². The Balaban J connectivity index is 2.09. The van der Waals surface area contributed by atoms with E-state index < -0.39 is 0 Å². The van der Waals surface area contributed by atoms with Gasteiger partial charge in [0.05, 0.1) is 12.2 Å². The molecule has 0 amide bonds. The topological polar surface area (TPSA) is 26.3 Å². The number of rotatable bonds is 1. The van der Waals surface area contributed by atoms with Crippen molar-refractivity contribution in [1.82, 2.24) is 0 Å². The summed E-state index contributed by atoms with van der Waals surface area (Å²) >= 11 is 0. The van der Waals surface area contributed by atoms with Crippen LogP contribution in [-0.2, 0) is 9.53 Å². The first kappa shape index (κ1) is 7.04. The number of carbonyl (C=O) groups is 1. The normalized spacial score (nSPS) is 42.5. The summed E-state index contributed by atoms with van der Waals surface area (Å²) in [6.45, 7) is 3.66. The third-order valence-corrected chi connectivity index (χ3v) is 2.64. The summed E-state index contributed by atoms with van der Waals surface area (Å²) in [5.41, 5.74) is 0. The van der Waals surface area contributed by atoms with Gasteiger partial charge in [-0.3, -0.25) is 4.79 Å². The van der Waals surface area contributed by atoms with E-state index in [0.717, 1.165) is 19.3 Å². The molecule has 1 aliphatic carbocycles. The molecule has 2 heteroatoms. The Labute approximate surface area is 66.2 Å². The fourth-order valence-corrected chi connectivity index (χ4v) is 2.01. The molecule has 1 saturated carbocycles. The monoisotopic (exact) mass is 152 g/mol. The van der Waals surface area contributed by atoms with Crippen LogP contribution in [0, 0.1) is 5.92 Å². The Hall–Kier alpha value is -0.630. The average molecular weight is 152 g/mol. The van der Waals surface area contributed by atoms with Crippen LogP contribution in [0.4, 0.5) is 0 Å². The standard InChI is InChI=1S/C9H12O2/c1-2-6-5-7-8(10)3-4-9(7)11-6/h2,6-7,9H,1,3-5H2. The largest absolute Gasteiger partial charge is 0.370 e. The molecule has 2 fully saturated rings. The van der Waals surface area contributed by atoms with Gasteiger partial charge in [-0.15, -0.1) is 6.58 Å². The van der Waals surface area contributed by atoms with Gasteiger partial charge in [-0.2, -0.15) is 0 Å². The zero-order chi connectivity index (χ0) is 7.84. The van der Waals surface area contributed by atoms with Crippen molar-refractivity contribution in [3.05, 3.63) is 12.7 Å². The maximum Gasteiger partial charge on any atom is 0.138 e. The molecule has 0 N–H and O–H groups in total. The second-order valence-corrected chi connectivity index (χ2v) is 3.30. The van der Waals surface area contributed by atoms with E-state index in [4.69, 9.17) is 4.74 Å². The van der Waals surface area contributed by atoms with Gasteiger partial charge < -0.3 is 4.74 Å². The van der Waals surface area contributed by atoms with Crippen molar-refractivity contribution in [2.24, 2.45) is 5.92 Å². The highest BCUT2D eigenvalue weighted by Gasteiger charge is 2.42. The van der Waals surface area contributed by atoms with Gasteiger partial charge in [0.2, 0.25) is 0 Å². The predicted molar refractivity (Wildman–Crippen MR) is 41.2 cm³/mol. The Morgan fingerprint density at radius 3 is 3.09 bits per heavy atom. The minimum atomic E-state index is 0.134. The number of hydrogen-bond acceptors (Lipinski definition) is 2. The molecule has 0 aromatic carbocycles. The number of Topliss-reactive ketones (excluding diaryl/α,β-unsaturated/α-hetero) is 1. The summed E-state index contributed by atoms with van der Waals surface area (Å²) in [7, 11) is 0. The van der Waals surface area contributed by atoms with E-state index in [9.17, 15) is 4.79 Å². The molecule has 1 aliphatic heterocycles. The fourth-order valence-electron chi connectivity index (χ4n) is 2.01. The van der Waals surface area contributed by atoms with Gasteiger partial charge in [0, 0.05) is 12.3 Å². The molecule has 2 nitrogen and oxygen atoms in total. The highest BCUT2D eigenvalue weighted by Crippen LogP contribution is 2.36. The average Bonchev–Trinajstić information content (AvgIpc) is 2.53. The number of ether oxygens (including phenoxy) is 1. The van der Waals surface area contributed by atoms with Gasteiger partial charge in [-0.25, -0.2) is 0 Å². The van der Waals surface area contributed by atoms with E-state index in [1.807, 2.05) is 0 Å². The van der Waals surface area contributed by atoms with E-state index in [-0.39, 0.29) is 18.1 Å². The van der Waals surface area contributed by atoms with Crippen LogP contribution in [0.5, 0.6) is 0 Å². The predicted octanol–water partition coefficient (Wildman–Crippen LogP) is 1.31. The van der Waals surface area contributed by atoms with Crippen LogP contribution in [0.1, 0.15) is 19.3 Å². The third-order valence-electron chi connectivity index (χ3n) is 2.64. The lowest BCUT2D eigenvalue weighted by molar-refractivity contribution is -0.120. The molecular formula is C9H12O2. The molecule has 3 unspecified atom stereocenters. The number of hydrogen-bond donors (Lipinski definition) is 0. The zero-order valence-corrected chi connectivity index (χ0v) is 6.45. The minimum Gasteiger partial charge on any atom is -0.370 e. The second-order valence-electron chi connectivity index (χ2n) is 3.30. The summed E-state index contributed by atoms with van der Waals surface area (Å²) in [5, 5.41) is 0. The van der Waals surface area contributed by atoms with Crippen molar-refractivity contribution in [2.45, 2.75) is 31.5 Å². The molecule has 11 heavy (non-hydrogen) atoms. The second kappa shape index (κ2) is 2.45. The molecule has 0 bridgehead atoms. The van der Waals surface area contributed by atoms with Crippen LogP contribution in [0.3, 0.4) is 0 Å². The number of fused-ring (bicyclic) bond motifs is 1. The molecule has 0 spiro atoms. The van der Waals surface area contributed by atoms with Crippen LogP contribution in [0.15, 0.2) is 12.7 Å². The van der Waals surface area contributed by atoms with Crippen LogP contribution in [0.2, 0.25) is 0 Å². The minimum absolute atomic E-state index is 0.134. The molecule has 0 aromatic heterocycles. The summed E-state index contributed by atoms with van der Waals surface area (Å²) in [6.07, 6.45) is 4.66. The van der Waals surface area contributed by atoms with Gasteiger partial charge in [0.15, 0.2) is 0 Å². The van der Waals surface area contributed by atoms with Crippen LogP contribution in [0.25, 0.3) is 0 Å². The number of ketones is 1. The van der Waals surface area contributed by atoms with Gasteiger partial charge in [-0.05, 0) is 12.8 Å². The summed E-state index contributed by atoms with van der Waals surface area (Å²) in [4.78, 5) is 11.2.